The van der Waals surface area contributed by atoms with Crippen LogP contribution in [0.3, 0.4) is 0 Å². The first-order valence-electron chi connectivity index (χ1n) is 7.72. The number of benzene rings is 1. The van der Waals surface area contributed by atoms with Gasteiger partial charge in [0, 0.05) is 18.8 Å². The molecule has 1 amide bonds. The third-order valence-corrected chi connectivity index (χ3v) is 3.89. The molecule has 1 fully saturated rings. The number of rotatable bonds is 3. The SMILES string of the molecule is Cc1cc(C)cc(Nc2ccc(C(=O)N3CCCC3)nc2)c1. The second-order valence-electron chi connectivity index (χ2n) is 5.93. The zero-order chi connectivity index (χ0) is 15.5. The topological polar surface area (TPSA) is 45.2 Å². The predicted molar refractivity (Wildman–Crippen MR) is 88.6 cm³/mol. The van der Waals surface area contributed by atoms with Gasteiger partial charge in [-0.05, 0) is 62.1 Å². The Balaban J connectivity index is 1.72. The number of amides is 1. The lowest BCUT2D eigenvalue weighted by Crippen LogP contribution is -2.28. The lowest BCUT2D eigenvalue weighted by molar-refractivity contribution is 0.0787. The van der Waals surface area contributed by atoms with Gasteiger partial charge in [-0.15, -0.1) is 0 Å². The molecule has 3 rings (SSSR count). The van der Waals surface area contributed by atoms with Crippen molar-refractivity contribution in [2.75, 3.05) is 18.4 Å². The summed E-state index contributed by atoms with van der Waals surface area (Å²) in [5, 5.41) is 3.33. The Kier molecular flexibility index (Phi) is 4.09. The molecule has 0 atom stereocenters. The number of aromatic nitrogens is 1. The Hall–Kier alpha value is -2.36. The minimum atomic E-state index is 0.0375. The summed E-state index contributed by atoms with van der Waals surface area (Å²) in [6.45, 7) is 5.86. The van der Waals surface area contributed by atoms with E-state index in [4.69, 9.17) is 0 Å². The highest BCUT2D eigenvalue weighted by atomic mass is 16.2. The van der Waals surface area contributed by atoms with Gasteiger partial charge < -0.3 is 10.2 Å². The van der Waals surface area contributed by atoms with Crippen molar-refractivity contribution >= 4 is 17.3 Å². The van der Waals surface area contributed by atoms with E-state index >= 15 is 0 Å². The number of anilines is 2. The van der Waals surface area contributed by atoms with Crippen molar-refractivity contribution < 1.29 is 4.79 Å². The first-order valence-corrected chi connectivity index (χ1v) is 7.72. The van der Waals surface area contributed by atoms with Crippen molar-refractivity contribution in [1.82, 2.24) is 9.88 Å². The normalized spacial score (nSPS) is 14.2. The Morgan fingerprint density at radius 3 is 2.32 bits per heavy atom. The number of likely N-dealkylation sites (tertiary alicyclic amines) is 1. The molecule has 1 aliphatic rings. The van der Waals surface area contributed by atoms with Gasteiger partial charge in [0.2, 0.25) is 0 Å². The van der Waals surface area contributed by atoms with Crippen molar-refractivity contribution in [1.29, 1.82) is 0 Å². The van der Waals surface area contributed by atoms with Crippen LogP contribution >= 0.6 is 0 Å². The molecule has 0 radical (unpaired) electrons. The fourth-order valence-corrected chi connectivity index (χ4v) is 2.89. The van der Waals surface area contributed by atoms with E-state index < -0.39 is 0 Å². The van der Waals surface area contributed by atoms with E-state index in [9.17, 15) is 4.79 Å². The summed E-state index contributed by atoms with van der Waals surface area (Å²) in [5.41, 5.74) is 4.89. The lowest BCUT2D eigenvalue weighted by Gasteiger charge is -2.14. The van der Waals surface area contributed by atoms with E-state index in [1.165, 1.54) is 11.1 Å². The fraction of sp³-hybridized carbons (Fsp3) is 0.333. The predicted octanol–water partition coefficient (Wildman–Crippen LogP) is 3.68. The summed E-state index contributed by atoms with van der Waals surface area (Å²) < 4.78 is 0. The van der Waals surface area contributed by atoms with E-state index in [1.807, 2.05) is 11.0 Å². The van der Waals surface area contributed by atoms with Gasteiger partial charge in [0.15, 0.2) is 0 Å². The average molecular weight is 295 g/mol. The Labute approximate surface area is 131 Å². The zero-order valence-electron chi connectivity index (χ0n) is 13.1. The van der Waals surface area contributed by atoms with Crippen LogP contribution in [-0.2, 0) is 0 Å². The van der Waals surface area contributed by atoms with E-state index in [2.05, 4.69) is 42.3 Å². The second kappa shape index (κ2) is 6.18. The molecular weight excluding hydrogens is 274 g/mol. The number of nitrogens with zero attached hydrogens (tertiary/aromatic N) is 2. The van der Waals surface area contributed by atoms with E-state index in [0.717, 1.165) is 37.3 Å². The van der Waals surface area contributed by atoms with Gasteiger partial charge in [-0.25, -0.2) is 4.98 Å². The third-order valence-electron chi connectivity index (χ3n) is 3.89. The maximum Gasteiger partial charge on any atom is 0.272 e. The summed E-state index contributed by atoms with van der Waals surface area (Å²) in [5.74, 6) is 0.0375. The standard InChI is InChI=1S/C18H21N3O/c1-13-9-14(2)11-16(10-13)20-15-5-6-17(19-12-15)18(22)21-7-3-4-8-21/h5-6,9-12,20H,3-4,7-8H2,1-2H3. The van der Waals surface area contributed by atoms with Crippen LogP contribution in [0.25, 0.3) is 0 Å². The first-order chi connectivity index (χ1) is 10.6. The van der Waals surface area contributed by atoms with Gasteiger partial charge in [-0.3, -0.25) is 4.79 Å². The molecule has 1 aromatic heterocycles. The minimum Gasteiger partial charge on any atom is -0.354 e. The number of carbonyl (C=O) groups is 1. The van der Waals surface area contributed by atoms with E-state index in [0.29, 0.717) is 5.69 Å². The molecule has 1 aliphatic heterocycles. The number of pyridine rings is 1. The third kappa shape index (κ3) is 3.27. The van der Waals surface area contributed by atoms with Gasteiger partial charge in [0.05, 0.1) is 11.9 Å². The molecule has 0 aliphatic carbocycles. The molecule has 1 saturated heterocycles. The molecule has 4 heteroatoms. The number of nitrogens with one attached hydrogen (secondary N) is 1. The maximum absolute atomic E-state index is 12.2. The molecule has 1 aromatic carbocycles. The van der Waals surface area contributed by atoms with Crippen LogP contribution in [0, 0.1) is 13.8 Å². The highest BCUT2D eigenvalue weighted by Gasteiger charge is 2.20. The van der Waals surface area contributed by atoms with Crippen molar-refractivity contribution in [3.8, 4) is 0 Å². The monoisotopic (exact) mass is 295 g/mol. The summed E-state index contributed by atoms with van der Waals surface area (Å²) in [4.78, 5) is 18.4. The molecule has 4 nitrogen and oxygen atoms in total. The number of aryl methyl sites for hydroxylation is 2. The van der Waals surface area contributed by atoms with Crippen LogP contribution in [0.2, 0.25) is 0 Å². The molecule has 2 aromatic rings. The summed E-state index contributed by atoms with van der Waals surface area (Å²) in [6, 6.07) is 10.0. The van der Waals surface area contributed by atoms with Gasteiger partial charge >= 0.3 is 0 Å². The molecule has 0 bridgehead atoms. The van der Waals surface area contributed by atoms with E-state index in [-0.39, 0.29) is 5.91 Å². The number of hydrogen-bond acceptors (Lipinski definition) is 3. The van der Waals surface area contributed by atoms with Gasteiger partial charge in [-0.1, -0.05) is 6.07 Å². The lowest BCUT2D eigenvalue weighted by atomic mass is 10.1. The summed E-state index contributed by atoms with van der Waals surface area (Å²) in [6.07, 6.45) is 3.91. The van der Waals surface area contributed by atoms with Crippen LogP contribution in [0.1, 0.15) is 34.5 Å². The smallest absolute Gasteiger partial charge is 0.272 e. The molecule has 114 valence electrons. The molecule has 1 N–H and O–H groups in total. The summed E-state index contributed by atoms with van der Waals surface area (Å²) in [7, 11) is 0. The molecular formula is C18H21N3O. The molecule has 0 saturated carbocycles. The Bertz CT molecular complexity index is 653. The quantitative estimate of drug-likeness (QED) is 0.939. The fourth-order valence-electron chi connectivity index (χ4n) is 2.89. The van der Waals surface area contributed by atoms with Crippen molar-refractivity contribution in [2.24, 2.45) is 0 Å². The van der Waals surface area contributed by atoms with Crippen LogP contribution < -0.4 is 5.32 Å². The van der Waals surface area contributed by atoms with Crippen molar-refractivity contribution in [3.05, 3.63) is 53.3 Å². The van der Waals surface area contributed by atoms with Crippen LogP contribution in [-0.4, -0.2) is 28.9 Å². The zero-order valence-corrected chi connectivity index (χ0v) is 13.1. The first kappa shape index (κ1) is 14.6. The van der Waals surface area contributed by atoms with Crippen LogP contribution in [0.5, 0.6) is 0 Å². The molecule has 0 spiro atoms. The molecule has 0 unspecified atom stereocenters. The van der Waals surface area contributed by atoms with Crippen molar-refractivity contribution in [3.63, 3.8) is 0 Å². The number of carbonyl (C=O) groups excluding carboxylic acids is 1. The summed E-state index contributed by atoms with van der Waals surface area (Å²) >= 11 is 0. The van der Waals surface area contributed by atoms with Crippen LogP contribution in [0.15, 0.2) is 36.5 Å². The van der Waals surface area contributed by atoms with Gasteiger partial charge in [0.1, 0.15) is 5.69 Å². The molecule has 22 heavy (non-hydrogen) atoms. The largest absolute Gasteiger partial charge is 0.354 e. The Morgan fingerprint density at radius 1 is 1.05 bits per heavy atom. The van der Waals surface area contributed by atoms with E-state index in [1.54, 1.807) is 12.3 Å². The highest BCUT2D eigenvalue weighted by molar-refractivity contribution is 5.92. The van der Waals surface area contributed by atoms with Crippen LogP contribution in [0.4, 0.5) is 11.4 Å². The highest BCUT2D eigenvalue weighted by Crippen LogP contribution is 2.20. The second-order valence-corrected chi connectivity index (χ2v) is 5.93. The Morgan fingerprint density at radius 2 is 1.73 bits per heavy atom. The minimum absolute atomic E-state index is 0.0375. The maximum atomic E-state index is 12.2. The van der Waals surface area contributed by atoms with Crippen molar-refractivity contribution in [2.45, 2.75) is 26.7 Å². The average Bonchev–Trinajstić information content (AvgIpc) is 3.00. The van der Waals surface area contributed by atoms with Gasteiger partial charge in [-0.2, -0.15) is 0 Å². The van der Waals surface area contributed by atoms with Gasteiger partial charge in [0.25, 0.3) is 5.91 Å². The number of hydrogen-bond donors (Lipinski definition) is 1. The molecule has 2 heterocycles.